The number of fused-ring (bicyclic) bond motifs is 1. The predicted molar refractivity (Wildman–Crippen MR) is 123 cm³/mol. The minimum Gasteiger partial charge on any atom is -0.326 e. The molecule has 1 heterocycles. The van der Waals surface area contributed by atoms with Gasteiger partial charge in [0.25, 0.3) is 0 Å². The number of amides is 3. The van der Waals surface area contributed by atoms with Crippen LogP contribution in [0.3, 0.4) is 0 Å². The molecule has 3 aromatic carbocycles. The molecule has 0 bridgehead atoms. The molecular weight excluding hydrogens is 442 g/mol. The zero-order valence-corrected chi connectivity index (χ0v) is 17.9. The molecule has 2 N–H and O–H groups in total. The van der Waals surface area contributed by atoms with Crippen LogP contribution in [0.4, 0.5) is 16.2 Å². The number of anilines is 2. The third-order valence-electron chi connectivity index (χ3n) is 5.16. The van der Waals surface area contributed by atoms with Crippen molar-refractivity contribution < 1.29 is 9.59 Å². The van der Waals surface area contributed by atoms with Crippen LogP contribution in [-0.4, -0.2) is 24.5 Å². The van der Waals surface area contributed by atoms with Crippen molar-refractivity contribution in [2.75, 3.05) is 16.8 Å². The SMILES string of the molecule is O=C(Nc1ccccc1Br)NC(Cc1ccccc1)C(=O)N1CCc2ccccc21. The summed E-state index contributed by atoms with van der Waals surface area (Å²) >= 11 is 3.43. The summed E-state index contributed by atoms with van der Waals surface area (Å²) in [5.41, 5.74) is 3.72. The van der Waals surface area contributed by atoms with Crippen molar-refractivity contribution in [3.8, 4) is 0 Å². The zero-order chi connectivity index (χ0) is 20.9. The molecule has 0 saturated heterocycles. The van der Waals surface area contributed by atoms with Crippen molar-refractivity contribution in [1.82, 2.24) is 5.32 Å². The van der Waals surface area contributed by atoms with Crippen molar-refractivity contribution in [2.45, 2.75) is 18.9 Å². The van der Waals surface area contributed by atoms with Crippen LogP contribution in [0.15, 0.2) is 83.3 Å². The molecule has 4 rings (SSSR count). The Morgan fingerprint density at radius 2 is 1.63 bits per heavy atom. The largest absolute Gasteiger partial charge is 0.326 e. The van der Waals surface area contributed by atoms with Gasteiger partial charge in [-0.2, -0.15) is 0 Å². The smallest absolute Gasteiger partial charge is 0.319 e. The van der Waals surface area contributed by atoms with E-state index in [1.165, 1.54) is 0 Å². The second-order valence-electron chi connectivity index (χ2n) is 7.19. The molecule has 1 aliphatic rings. The van der Waals surface area contributed by atoms with Gasteiger partial charge in [-0.3, -0.25) is 4.79 Å². The van der Waals surface area contributed by atoms with Crippen molar-refractivity contribution in [1.29, 1.82) is 0 Å². The third-order valence-corrected chi connectivity index (χ3v) is 5.85. The highest BCUT2D eigenvalue weighted by molar-refractivity contribution is 9.10. The van der Waals surface area contributed by atoms with Crippen molar-refractivity contribution >= 4 is 39.2 Å². The van der Waals surface area contributed by atoms with E-state index in [-0.39, 0.29) is 5.91 Å². The molecule has 0 radical (unpaired) electrons. The summed E-state index contributed by atoms with van der Waals surface area (Å²) in [5.74, 6) is -0.105. The zero-order valence-electron chi connectivity index (χ0n) is 16.3. The van der Waals surface area contributed by atoms with E-state index < -0.39 is 12.1 Å². The number of para-hydroxylation sites is 2. The lowest BCUT2D eigenvalue weighted by Crippen LogP contribution is -2.50. The summed E-state index contributed by atoms with van der Waals surface area (Å²) in [4.78, 5) is 27.9. The summed E-state index contributed by atoms with van der Waals surface area (Å²) in [6.45, 7) is 0.622. The molecule has 1 atom stereocenters. The fraction of sp³-hybridized carbons (Fsp3) is 0.167. The fourth-order valence-electron chi connectivity index (χ4n) is 3.68. The lowest BCUT2D eigenvalue weighted by molar-refractivity contribution is -0.120. The highest BCUT2D eigenvalue weighted by Crippen LogP contribution is 2.28. The summed E-state index contributed by atoms with van der Waals surface area (Å²) in [6.07, 6.45) is 1.24. The predicted octanol–water partition coefficient (Wildman–Crippen LogP) is 4.77. The third kappa shape index (κ3) is 4.54. The molecule has 0 saturated carbocycles. The van der Waals surface area contributed by atoms with Crippen molar-refractivity contribution in [2.24, 2.45) is 0 Å². The maximum absolute atomic E-state index is 13.4. The summed E-state index contributed by atoms with van der Waals surface area (Å²) in [5, 5.41) is 5.71. The van der Waals surface area contributed by atoms with Gasteiger partial charge < -0.3 is 15.5 Å². The Labute approximate surface area is 184 Å². The second kappa shape index (κ2) is 9.13. The van der Waals surface area contributed by atoms with Gasteiger partial charge in [0.15, 0.2) is 0 Å². The molecule has 1 unspecified atom stereocenters. The molecule has 6 heteroatoms. The van der Waals surface area contributed by atoms with Gasteiger partial charge in [-0.25, -0.2) is 4.79 Å². The standard InChI is InChI=1S/C24H22BrN3O2/c25-19-11-5-6-12-20(19)26-24(30)27-21(16-17-8-2-1-3-9-17)23(29)28-15-14-18-10-4-7-13-22(18)28/h1-13,21H,14-16H2,(H2,26,27,30). The number of urea groups is 1. The van der Waals surface area contributed by atoms with Gasteiger partial charge >= 0.3 is 6.03 Å². The van der Waals surface area contributed by atoms with Gasteiger partial charge in [0.05, 0.1) is 5.69 Å². The normalized spacial score (nSPS) is 13.4. The molecule has 0 aromatic heterocycles. The van der Waals surface area contributed by atoms with E-state index in [4.69, 9.17) is 0 Å². The fourth-order valence-corrected chi connectivity index (χ4v) is 4.07. The van der Waals surface area contributed by atoms with E-state index in [2.05, 4.69) is 26.6 Å². The monoisotopic (exact) mass is 463 g/mol. The minimum atomic E-state index is -0.680. The van der Waals surface area contributed by atoms with Crippen LogP contribution in [0, 0.1) is 0 Å². The molecule has 152 valence electrons. The Morgan fingerprint density at radius 1 is 0.933 bits per heavy atom. The van der Waals surface area contributed by atoms with Crippen molar-refractivity contribution in [3.05, 3.63) is 94.5 Å². The van der Waals surface area contributed by atoms with Gasteiger partial charge in [0.2, 0.25) is 5.91 Å². The topological polar surface area (TPSA) is 61.4 Å². The lowest BCUT2D eigenvalue weighted by atomic mass is 10.0. The van der Waals surface area contributed by atoms with Crippen LogP contribution < -0.4 is 15.5 Å². The number of rotatable bonds is 5. The molecule has 0 spiro atoms. The van der Waals surface area contributed by atoms with Gasteiger partial charge in [0, 0.05) is 23.1 Å². The Bertz CT molecular complexity index is 1060. The number of nitrogens with one attached hydrogen (secondary N) is 2. The molecule has 3 amide bonds. The van der Waals surface area contributed by atoms with E-state index in [1.54, 1.807) is 11.0 Å². The number of halogens is 1. The van der Waals surface area contributed by atoms with Crippen LogP contribution >= 0.6 is 15.9 Å². The highest BCUT2D eigenvalue weighted by atomic mass is 79.9. The molecule has 5 nitrogen and oxygen atoms in total. The number of nitrogens with zero attached hydrogens (tertiary/aromatic N) is 1. The molecule has 1 aliphatic heterocycles. The van der Waals surface area contributed by atoms with Gasteiger partial charge in [-0.15, -0.1) is 0 Å². The Kier molecular flexibility index (Phi) is 6.14. The van der Waals surface area contributed by atoms with E-state index in [0.29, 0.717) is 18.7 Å². The van der Waals surface area contributed by atoms with Gasteiger partial charge in [0.1, 0.15) is 6.04 Å². The molecule has 0 aliphatic carbocycles. The van der Waals surface area contributed by atoms with E-state index in [9.17, 15) is 9.59 Å². The Hall–Kier alpha value is -3.12. The van der Waals surface area contributed by atoms with E-state index in [0.717, 1.165) is 27.7 Å². The molecule has 30 heavy (non-hydrogen) atoms. The summed E-state index contributed by atoms with van der Waals surface area (Å²) < 4.78 is 0.777. The first-order valence-electron chi connectivity index (χ1n) is 9.87. The van der Waals surface area contributed by atoms with Crippen molar-refractivity contribution in [3.63, 3.8) is 0 Å². The number of benzene rings is 3. The molecule has 0 fully saturated rings. The first-order valence-corrected chi connectivity index (χ1v) is 10.7. The van der Waals surface area contributed by atoms with E-state index >= 15 is 0 Å². The first kappa shape index (κ1) is 20.2. The quantitative estimate of drug-likeness (QED) is 0.572. The maximum Gasteiger partial charge on any atom is 0.319 e. The number of carbonyl (C=O) groups is 2. The van der Waals surface area contributed by atoms with Crippen LogP contribution in [-0.2, 0) is 17.6 Å². The number of hydrogen-bond acceptors (Lipinski definition) is 2. The lowest BCUT2D eigenvalue weighted by Gasteiger charge is -2.25. The molecular formula is C24H22BrN3O2. The Morgan fingerprint density at radius 3 is 2.43 bits per heavy atom. The van der Waals surface area contributed by atoms with Crippen LogP contribution in [0.2, 0.25) is 0 Å². The summed E-state index contributed by atoms with van der Waals surface area (Å²) in [6, 6.07) is 23.9. The average Bonchev–Trinajstić information content (AvgIpc) is 3.19. The number of hydrogen-bond donors (Lipinski definition) is 2. The number of carbonyl (C=O) groups excluding carboxylic acids is 2. The van der Waals surface area contributed by atoms with Crippen LogP contribution in [0.25, 0.3) is 0 Å². The molecule has 3 aromatic rings. The van der Waals surface area contributed by atoms with Gasteiger partial charge in [-0.05, 0) is 51.7 Å². The second-order valence-corrected chi connectivity index (χ2v) is 8.04. The summed E-state index contributed by atoms with van der Waals surface area (Å²) in [7, 11) is 0. The Balaban J connectivity index is 1.54. The van der Waals surface area contributed by atoms with E-state index in [1.807, 2.05) is 72.8 Å². The first-order chi connectivity index (χ1) is 14.6. The van der Waals surface area contributed by atoms with Gasteiger partial charge in [-0.1, -0.05) is 60.7 Å². The minimum absolute atomic E-state index is 0.105. The highest BCUT2D eigenvalue weighted by Gasteiger charge is 2.31. The van der Waals surface area contributed by atoms with Crippen LogP contribution in [0.1, 0.15) is 11.1 Å². The maximum atomic E-state index is 13.4. The van der Waals surface area contributed by atoms with Crippen LogP contribution in [0.5, 0.6) is 0 Å². The average molecular weight is 464 g/mol.